The van der Waals surface area contributed by atoms with Crippen LogP contribution in [-0.4, -0.2) is 18.3 Å². The van der Waals surface area contributed by atoms with E-state index in [0.717, 1.165) is 5.56 Å². The largest absolute Gasteiger partial charge is 0.324 e. The second-order valence-corrected chi connectivity index (χ2v) is 7.12. The Bertz CT molecular complexity index is 397. The fourth-order valence-electron chi connectivity index (χ4n) is 1.21. The smallest absolute Gasteiger partial charge is 0.269 e. The molecule has 0 saturated carbocycles. The summed E-state index contributed by atoms with van der Waals surface area (Å²) in [6, 6.07) is 6.27. The van der Waals surface area contributed by atoms with E-state index in [1.807, 2.05) is 0 Å². The van der Waals surface area contributed by atoms with E-state index >= 15 is 0 Å². The molecule has 1 aromatic carbocycles. The van der Waals surface area contributed by atoms with Crippen molar-refractivity contribution in [2.24, 2.45) is 0 Å². The minimum Gasteiger partial charge on any atom is -0.324 e. The second-order valence-electron chi connectivity index (χ2n) is 3.66. The molecular weight excluding hydrogens is 201 g/mol. The second kappa shape index (κ2) is 3.93. The molecule has 0 aliphatic heterocycles. The van der Waals surface area contributed by atoms with Gasteiger partial charge in [0.05, 0.1) is 12.1 Å². The quantitative estimate of drug-likeness (QED) is 0.440. The Morgan fingerprint density at radius 2 is 2.07 bits per heavy atom. The number of nitro groups is 1. The molecule has 0 aromatic heterocycles. The average molecular weight is 213 g/mol. The van der Waals surface area contributed by atoms with Crippen LogP contribution in [0.25, 0.3) is 0 Å². The lowest BCUT2D eigenvalue weighted by atomic mass is 10.2. The standard InChI is InChI=1S/C9H12NO3P/c1-14(2,13)7-8-4-3-5-9(6-8)10(11)12/h3-6H,7H2,1-2H3. The Morgan fingerprint density at radius 1 is 1.43 bits per heavy atom. The highest BCUT2D eigenvalue weighted by Gasteiger charge is 2.11. The SMILES string of the molecule is CP(C)(=O)Cc1cccc([N+](=O)[O-])c1. The lowest BCUT2D eigenvalue weighted by molar-refractivity contribution is -0.384. The molecule has 0 atom stereocenters. The molecule has 0 radical (unpaired) electrons. The number of rotatable bonds is 3. The Kier molecular flexibility index (Phi) is 3.06. The van der Waals surface area contributed by atoms with Gasteiger partial charge in [-0.25, -0.2) is 0 Å². The van der Waals surface area contributed by atoms with Crippen LogP contribution in [0.15, 0.2) is 24.3 Å². The predicted molar refractivity (Wildman–Crippen MR) is 56.3 cm³/mol. The molecule has 0 N–H and O–H groups in total. The number of nitrogens with zero attached hydrogens (tertiary/aromatic N) is 1. The van der Waals surface area contributed by atoms with Gasteiger partial charge in [-0.3, -0.25) is 10.1 Å². The Morgan fingerprint density at radius 3 is 2.57 bits per heavy atom. The van der Waals surface area contributed by atoms with Crippen molar-refractivity contribution in [2.75, 3.05) is 13.3 Å². The molecule has 0 spiro atoms. The molecule has 0 heterocycles. The molecule has 1 aromatic rings. The number of non-ortho nitro benzene ring substituents is 1. The highest BCUT2D eigenvalue weighted by atomic mass is 31.2. The Hall–Kier alpha value is -1.15. The van der Waals surface area contributed by atoms with Gasteiger partial charge in [-0.15, -0.1) is 0 Å². The van der Waals surface area contributed by atoms with Gasteiger partial charge < -0.3 is 4.57 Å². The minimum absolute atomic E-state index is 0.0518. The topological polar surface area (TPSA) is 60.2 Å². The maximum Gasteiger partial charge on any atom is 0.269 e. The monoisotopic (exact) mass is 213 g/mol. The van der Waals surface area contributed by atoms with E-state index in [4.69, 9.17) is 0 Å². The third-order valence-corrected chi connectivity index (χ3v) is 2.81. The van der Waals surface area contributed by atoms with Gasteiger partial charge in [0, 0.05) is 18.3 Å². The zero-order valence-electron chi connectivity index (χ0n) is 8.14. The molecule has 5 heteroatoms. The summed E-state index contributed by atoms with van der Waals surface area (Å²) in [5.41, 5.74) is 0.809. The van der Waals surface area contributed by atoms with Crippen LogP contribution in [0.4, 0.5) is 5.69 Å². The summed E-state index contributed by atoms with van der Waals surface area (Å²) < 4.78 is 11.5. The van der Waals surface area contributed by atoms with Crippen molar-refractivity contribution in [2.45, 2.75) is 6.16 Å². The van der Waals surface area contributed by atoms with Gasteiger partial charge in [-0.2, -0.15) is 0 Å². The van der Waals surface area contributed by atoms with E-state index in [-0.39, 0.29) is 5.69 Å². The van der Waals surface area contributed by atoms with Crippen LogP contribution >= 0.6 is 7.14 Å². The van der Waals surface area contributed by atoms with Crippen LogP contribution in [-0.2, 0) is 10.7 Å². The molecule has 14 heavy (non-hydrogen) atoms. The summed E-state index contributed by atoms with van der Waals surface area (Å²) >= 11 is 0. The van der Waals surface area contributed by atoms with Gasteiger partial charge in [0.2, 0.25) is 0 Å². The van der Waals surface area contributed by atoms with Crippen molar-refractivity contribution in [1.82, 2.24) is 0 Å². The number of hydrogen-bond acceptors (Lipinski definition) is 3. The van der Waals surface area contributed by atoms with Crippen molar-refractivity contribution >= 4 is 12.8 Å². The fourth-order valence-corrected chi connectivity index (χ4v) is 2.28. The third kappa shape index (κ3) is 3.30. The van der Waals surface area contributed by atoms with Crippen molar-refractivity contribution in [1.29, 1.82) is 0 Å². The summed E-state index contributed by atoms with van der Waals surface area (Å²) in [6.45, 7) is 3.34. The van der Waals surface area contributed by atoms with E-state index in [9.17, 15) is 14.7 Å². The summed E-state index contributed by atoms with van der Waals surface area (Å²) in [5.74, 6) is 0. The molecular formula is C9H12NO3P. The number of hydrogen-bond donors (Lipinski definition) is 0. The first kappa shape index (κ1) is 10.9. The van der Waals surface area contributed by atoms with E-state index < -0.39 is 12.1 Å². The van der Waals surface area contributed by atoms with Crippen LogP contribution < -0.4 is 0 Å². The Balaban J connectivity index is 2.95. The summed E-state index contributed by atoms with van der Waals surface area (Å²) in [6.07, 6.45) is 0.411. The minimum atomic E-state index is -2.16. The average Bonchev–Trinajstić information content (AvgIpc) is 2.01. The van der Waals surface area contributed by atoms with E-state index in [0.29, 0.717) is 6.16 Å². The zero-order chi connectivity index (χ0) is 10.8. The van der Waals surface area contributed by atoms with Crippen LogP contribution in [0.1, 0.15) is 5.56 Å². The van der Waals surface area contributed by atoms with Crippen LogP contribution in [0.5, 0.6) is 0 Å². The summed E-state index contributed by atoms with van der Waals surface area (Å²) in [5, 5.41) is 10.5. The van der Waals surface area contributed by atoms with E-state index in [2.05, 4.69) is 0 Å². The third-order valence-electron chi connectivity index (χ3n) is 1.68. The zero-order valence-corrected chi connectivity index (χ0v) is 9.03. The number of benzene rings is 1. The van der Waals surface area contributed by atoms with Crippen molar-refractivity contribution in [3.05, 3.63) is 39.9 Å². The molecule has 0 aliphatic carbocycles. The fraction of sp³-hybridized carbons (Fsp3) is 0.333. The van der Waals surface area contributed by atoms with Gasteiger partial charge in [0.25, 0.3) is 5.69 Å². The van der Waals surface area contributed by atoms with E-state index in [1.54, 1.807) is 25.5 Å². The molecule has 0 saturated heterocycles. The van der Waals surface area contributed by atoms with Gasteiger partial charge in [-0.05, 0) is 18.9 Å². The van der Waals surface area contributed by atoms with Crippen molar-refractivity contribution in [3.8, 4) is 0 Å². The molecule has 76 valence electrons. The lowest BCUT2D eigenvalue weighted by Crippen LogP contribution is -1.90. The highest BCUT2D eigenvalue weighted by Crippen LogP contribution is 2.40. The van der Waals surface area contributed by atoms with Gasteiger partial charge in [0.1, 0.15) is 0 Å². The molecule has 1 rings (SSSR count). The van der Waals surface area contributed by atoms with Gasteiger partial charge in [0.15, 0.2) is 0 Å². The summed E-state index contributed by atoms with van der Waals surface area (Å²) in [4.78, 5) is 10.0. The molecule has 4 nitrogen and oxygen atoms in total. The van der Waals surface area contributed by atoms with E-state index in [1.165, 1.54) is 12.1 Å². The first-order valence-corrected chi connectivity index (χ1v) is 6.94. The molecule has 0 amide bonds. The molecule has 0 bridgehead atoms. The number of nitro benzene ring substituents is 1. The maximum absolute atomic E-state index is 11.5. The highest BCUT2D eigenvalue weighted by molar-refractivity contribution is 7.61. The van der Waals surface area contributed by atoms with Gasteiger partial charge >= 0.3 is 0 Å². The Labute approximate surface area is 82.5 Å². The van der Waals surface area contributed by atoms with Gasteiger partial charge in [-0.1, -0.05) is 12.1 Å². The predicted octanol–water partition coefficient (Wildman–Crippen LogP) is 2.72. The first-order chi connectivity index (χ1) is 6.38. The van der Waals surface area contributed by atoms with Crippen LogP contribution in [0, 0.1) is 10.1 Å². The summed E-state index contributed by atoms with van der Waals surface area (Å²) in [7, 11) is -2.16. The molecule has 0 fully saturated rings. The molecule has 0 unspecified atom stereocenters. The normalized spacial score (nSPS) is 11.3. The lowest BCUT2D eigenvalue weighted by Gasteiger charge is -2.05. The maximum atomic E-state index is 11.5. The van der Waals surface area contributed by atoms with Crippen molar-refractivity contribution in [3.63, 3.8) is 0 Å². The van der Waals surface area contributed by atoms with Crippen molar-refractivity contribution < 1.29 is 9.49 Å². The first-order valence-electron chi connectivity index (χ1n) is 4.16. The van der Waals surface area contributed by atoms with Crippen LogP contribution in [0.3, 0.4) is 0 Å². The molecule has 0 aliphatic rings. The van der Waals surface area contributed by atoms with Crippen LogP contribution in [0.2, 0.25) is 0 Å².